The number of hydrogen-bond donors (Lipinski definition) is 3. The maximum Gasteiger partial charge on any atom is 0.0813 e. The zero-order chi connectivity index (χ0) is 13.5. The first-order valence-corrected chi connectivity index (χ1v) is 7.06. The molecule has 0 saturated heterocycles. The lowest BCUT2D eigenvalue weighted by Crippen LogP contribution is -2.46. The molecule has 0 aromatic carbocycles. The summed E-state index contributed by atoms with van der Waals surface area (Å²) in [6.07, 6.45) is 3.65. The Morgan fingerprint density at radius 1 is 1.39 bits per heavy atom. The summed E-state index contributed by atoms with van der Waals surface area (Å²) < 4.78 is 0. The molecule has 0 aliphatic heterocycles. The lowest BCUT2D eigenvalue weighted by atomic mass is 9.58. The van der Waals surface area contributed by atoms with Crippen molar-refractivity contribution in [2.45, 2.75) is 39.7 Å². The van der Waals surface area contributed by atoms with Crippen LogP contribution in [0.25, 0.3) is 0 Å². The second-order valence-electron chi connectivity index (χ2n) is 6.57. The van der Waals surface area contributed by atoms with Crippen molar-refractivity contribution in [3.8, 4) is 0 Å². The first kappa shape index (κ1) is 14.0. The quantitative estimate of drug-likeness (QED) is 0.668. The van der Waals surface area contributed by atoms with Crippen LogP contribution in [0.2, 0.25) is 0 Å². The van der Waals surface area contributed by atoms with Gasteiger partial charge in [-0.3, -0.25) is 0 Å². The molecule has 104 valence electrons. The third kappa shape index (κ3) is 1.93. The van der Waals surface area contributed by atoms with E-state index in [0.29, 0.717) is 17.8 Å². The van der Waals surface area contributed by atoms with Gasteiger partial charge in [-0.05, 0) is 41.6 Å². The largest absolute Gasteiger partial charge is 0.394 e. The summed E-state index contributed by atoms with van der Waals surface area (Å²) >= 11 is 0. The van der Waals surface area contributed by atoms with Crippen molar-refractivity contribution in [2.75, 3.05) is 13.2 Å². The van der Waals surface area contributed by atoms with Gasteiger partial charge in [0.05, 0.1) is 19.3 Å². The van der Waals surface area contributed by atoms with Gasteiger partial charge in [0, 0.05) is 5.92 Å². The second-order valence-corrected chi connectivity index (χ2v) is 6.57. The first-order valence-electron chi connectivity index (χ1n) is 7.06. The minimum absolute atomic E-state index is 0.0609. The van der Waals surface area contributed by atoms with Crippen molar-refractivity contribution in [2.24, 2.45) is 29.1 Å². The number of rotatable bonds is 4. The molecule has 1 fully saturated rings. The molecule has 5 atom stereocenters. The molecule has 3 heteroatoms. The molecule has 0 spiro atoms. The monoisotopic (exact) mass is 254 g/mol. The molecule has 0 aromatic heterocycles. The highest BCUT2D eigenvalue weighted by Gasteiger charge is 2.54. The Morgan fingerprint density at radius 3 is 2.56 bits per heavy atom. The van der Waals surface area contributed by atoms with Crippen LogP contribution in [0.3, 0.4) is 0 Å². The van der Waals surface area contributed by atoms with Crippen LogP contribution in [0.4, 0.5) is 0 Å². The molecule has 0 amide bonds. The Bertz CT molecular complexity index is 337. The predicted molar refractivity (Wildman–Crippen MR) is 70.9 cm³/mol. The van der Waals surface area contributed by atoms with E-state index in [9.17, 15) is 15.3 Å². The van der Waals surface area contributed by atoms with Gasteiger partial charge >= 0.3 is 0 Å². The third-order valence-electron chi connectivity index (χ3n) is 5.40. The van der Waals surface area contributed by atoms with Gasteiger partial charge in [-0.15, -0.1) is 0 Å². The van der Waals surface area contributed by atoms with Crippen LogP contribution < -0.4 is 0 Å². The Balaban J connectivity index is 2.36. The van der Waals surface area contributed by atoms with Crippen LogP contribution in [0.1, 0.15) is 33.6 Å². The van der Waals surface area contributed by atoms with Crippen LogP contribution in [0, 0.1) is 29.1 Å². The van der Waals surface area contributed by atoms with Gasteiger partial charge in [0.1, 0.15) is 0 Å². The van der Waals surface area contributed by atoms with E-state index >= 15 is 0 Å². The smallest absolute Gasteiger partial charge is 0.0813 e. The molecule has 0 radical (unpaired) electrons. The minimum atomic E-state index is -0.679. The zero-order valence-corrected chi connectivity index (χ0v) is 11.6. The fourth-order valence-electron chi connectivity index (χ4n) is 4.35. The third-order valence-corrected chi connectivity index (χ3v) is 5.40. The fourth-order valence-corrected chi connectivity index (χ4v) is 4.35. The molecule has 1 unspecified atom stereocenters. The number of fused-ring (bicyclic) bond motifs is 2. The fraction of sp³-hybridized carbons (Fsp3) is 0.867. The standard InChI is InChI=1S/C15H26O3/c1-9(2)11-4-5-15(3)10(7-16)6-12(11)14(15)13(18)8-17/h6,9,11-14,16-18H,4-5,7-8H2,1-3H3/t11-,12+,13?,14-,15+/m1/s1. The molecule has 2 aliphatic rings. The summed E-state index contributed by atoms with van der Waals surface area (Å²) in [7, 11) is 0. The van der Waals surface area contributed by atoms with E-state index in [2.05, 4.69) is 26.8 Å². The van der Waals surface area contributed by atoms with Crippen LogP contribution in [-0.2, 0) is 0 Å². The highest BCUT2D eigenvalue weighted by molar-refractivity contribution is 5.29. The molecule has 0 aromatic rings. The summed E-state index contributed by atoms with van der Waals surface area (Å²) in [5.41, 5.74) is 0.931. The van der Waals surface area contributed by atoms with Gasteiger partial charge in [0.25, 0.3) is 0 Å². The number of allylic oxidation sites excluding steroid dienone is 1. The molecule has 3 N–H and O–H groups in total. The van der Waals surface area contributed by atoms with Gasteiger partial charge in [-0.25, -0.2) is 0 Å². The van der Waals surface area contributed by atoms with E-state index in [4.69, 9.17) is 0 Å². The molecule has 2 aliphatic carbocycles. The molecular formula is C15H26O3. The normalized spacial score (nSPS) is 41.1. The van der Waals surface area contributed by atoms with Gasteiger partial charge in [-0.1, -0.05) is 26.8 Å². The topological polar surface area (TPSA) is 60.7 Å². The lowest BCUT2D eigenvalue weighted by molar-refractivity contribution is -0.0516. The average Bonchev–Trinajstić information content (AvgIpc) is 2.52. The Labute approximate surface area is 110 Å². The van der Waals surface area contributed by atoms with E-state index < -0.39 is 6.10 Å². The minimum Gasteiger partial charge on any atom is -0.394 e. The molecule has 0 heterocycles. The second kappa shape index (κ2) is 4.95. The predicted octanol–water partition coefficient (Wildman–Crippen LogP) is 1.58. The van der Waals surface area contributed by atoms with Crippen LogP contribution in [0.15, 0.2) is 11.6 Å². The van der Waals surface area contributed by atoms with Crippen LogP contribution >= 0.6 is 0 Å². The number of hydrogen-bond acceptors (Lipinski definition) is 3. The molecule has 2 rings (SSSR count). The maximum absolute atomic E-state index is 10.2. The van der Waals surface area contributed by atoms with Gasteiger partial charge < -0.3 is 15.3 Å². The molecule has 2 bridgehead atoms. The summed E-state index contributed by atoms with van der Waals surface area (Å²) in [6, 6.07) is 0. The number of aliphatic hydroxyl groups is 3. The van der Waals surface area contributed by atoms with E-state index in [1.165, 1.54) is 0 Å². The Morgan fingerprint density at radius 2 is 2.06 bits per heavy atom. The van der Waals surface area contributed by atoms with Crippen LogP contribution in [0.5, 0.6) is 0 Å². The van der Waals surface area contributed by atoms with Gasteiger partial charge in [0.2, 0.25) is 0 Å². The van der Waals surface area contributed by atoms with E-state index in [-0.39, 0.29) is 24.5 Å². The summed E-state index contributed by atoms with van der Waals surface area (Å²) in [4.78, 5) is 0. The molecule has 3 nitrogen and oxygen atoms in total. The lowest BCUT2D eigenvalue weighted by Gasteiger charge is -2.47. The van der Waals surface area contributed by atoms with Crippen LogP contribution in [-0.4, -0.2) is 34.6 Å². The maximum atomic E-state index is 10.2. The van der Waals surface area contributed by atoms with Crippen molar-refractivity contribution in [1.82, 2.24) is 0 Å². The Kier molecular flexibility index (Phi) is 3.86. The summed E-state index contributed by atoms with van der Waals surface area (Å²) in [5, 5.41) is 29.1. The van der Waals surface area contributed by atoms with Crippen molar-refractivity contribution in [3.63, 3.8) is 0 Å². The van der Waals surface area contributed by atoms with E-state index in [0.717, 1.165) is 18.4 Å². The molecular weight excluding hydrogens is 228 g/mol. The van der Waals surface area contributed by atoms with Crippen molar-refractivity contribution < 1.29 is 15.3 Å². The van der Waals surface area contributed by atoms with E-state index in [1.807, 2.05) is 0 Å². The number of aliphatic hydroxyl groups excluding tert-OH is 3. The molecule has 1 saturated carbocycles. The summed E-state index contributed by atoms with van der Waals surface area (Å²) in [5.74, 6) is 1.48. The first-order chi connectivity index (χ1) is 8.45. The van der Waals surface area contributed by atoms with Gasteiger partial charge in [-0.2, -0.15) is 0 Å². The van der Waals surface area contributed by atoms with Gasteiger partial charge in [0.15, 0.2) is 0 Å². The average molecular weight is 254 g/mol. The summed E-state index contributed by atoms with van der Waals surface area (Å²) in [6.45, 7) is 6.47. The Hall–Kier alpha value is -0.380. The van der Waals surface area contributed by atoms with Crippen molar-refractivity contribution in [3.05, 3.63) is 11.6 Å². The van der Waals surface area contributed by atoms with E-state index in [1.54, 1.807) is 0 Å². The zero-order valence-electron chi connectivity index (χ0n) is 11.6. The SMILES string of the molecule is CC(C)[C@H]1CC[C@@]2(C)C(CO)=C[C@@H]1[C@@H]2C(O)CO. The van der Waals surface area contributed by atoms with Crippen molar-refractivity contribution >= 4 is 0 Å². The highest BCUT2D eigenvalue weighted by Crippen LogP contribution is 2.59. The highest BCUT2D eigenvalue weighted by atomic mass is 16.3. The molecule has 18 heavy (non-hydrogen) atoms. The van der Waals surface area contributed by atoms with Crippen molar-refractivity contribution in [1.29, 1.82) is 0 Å².